The Morgan fingerprint density at radius 1 is 1.11 bits per heavy atom. The number of nitroso groups, excluding NO2 is 1. The Bertz CT molecular complexity index is 379. The molecular formula is C13H19N3O2. The SMILES string of the molecule is CN(C)CCCCN(N=O)C(=O)c1ccccc1. The lowest BCUT2D eigenvalue weighted by Gasteiger charge is -2.14. The fourth-order valence-corrected chi connectivity index (χ4v) is 1.60. The Balaban J connectivity index is 2.46. The number of carbonyl (C=O) groups excluding carboxylic acids is 1. The van der Waals surface area contributed by atoms with Gasteiger partial charge in [-0.3, -0.25) is 4.79 Å². The maximum atomic E-state index is 11.9. The van der Waals surface area contributed by atoms with Crippen molar-refractivity contribution in [1.82, 2.24) is 9.91 Å². The van der Waals surface area contributed by atoms with Crippen LogP contribution in [0.3, 0.4) is 0 Å². The third-order valence-corrected chi connectivity index (χ3v) is 2.58. The Kier molecular flexibility index (Phi) is 6.00. The molecular weight excluding hydrogens is 230 g/mol. The Labute approximate surface area is 107 Å². The Hall–Kier alpha value is -1.75. The van der Waals surface area contributed by atoms with E-state index in [0.717, 1.165) is 24.4 Å². The first-order valence-electron chi connectivity index (χ1n) is 6.00. The lowest BCUT2D eigenvalue weighted by atomic mass is 10.2. The molecule has 98 valence electrons. The van der Waals surface area contributed by atoms with Gasteiger partial charge in [-0.2, -0.15) is 5.01 Å². The van der Waals surface area contributed by atoms with Gasteiger partial charge >= 0.3 is 0 Å². The molecule has 0 bridgehead atoms. The van der Waals surface area contributed by atoms with E-state index in [1.54, 1.807) is 24.3 Å². The molecule has 0 atom stereocenters. The predicted molar refractivity (Wildman–Crippen MR) is 71.1 cm³/mol. The van der Waals surface area contributed by atoms with Crippen LogP contribution in [0.1, 0.15) is 23.2 Å². The molecule has 0 aliphatic heterocycles. The summed E-state index contributed by atoms with van der Waals surface area (Å²) in [6.07, 6.45) is 1.70. The molecule has 0 spiro atoms. The van der Waals surface area contributed by atoms with Crippen molar-refractivity contribution in [3.63, 3.8) is 0 Å². The second-order valence-corrected chi connectivity index (χ2v) is 4.39. The van der Waals surface area contributed by atoms with Crippen molar-refractivity contribution in [2.24, 2.45) is 5.29 Å². The zero-order chi connectivity index (χ0) is 13.4. The number of carbonyl (C=O) groups is 1. The standard InChI is InChI=1S/C13H19N3O2/c1-15(2)10-6-7-11-16(14-18)13(17)12-8-4-3-5-9-12/h3-5,8-9H,6-7,10-11H2,1-2H3. The van der Waals surface area contributed by atoms with Crippen LogP contribution in [0.25, 0.3) is 0 Å². The number of unbranched alkanes of at least 4 members (excludes halogenated alkanes) is 1. The van der Waals surface area contributed by atoms with E-state index in [9.17, 15) is 9.70 Å². The first-order chi connectivity index (χ1) is 8.65. The molecule has 0 aliphatic carbocycles. The normalized spacial score (nSPS) is 10.4. The minimum Gasteiger partial charge on any atom is -0.309 e. The molecule has 0 N–H and O–H groups in total. The first-order valence-corrected chi connectivity index (χ1v) is 6.00. The third-order valence-electron chi connectivity index (χ3n) is 2.58. The molecule has 1 aromatic rings. The largest absolute Gasteiger partial charge is 0.309 e. The Morgan fingerprint density at radius 2 is 1.72 bits per heavy atom. The second kappa shape index (κ2) is 7.55. The number of rotatable bonds is 7. The van der Waals surface area contributed by atoms with E-state index < -0.39 is 0 Å². The van der Waals surface area contributed by atoms with Crippen molar-refractivity contribution in [2.45, 2.75) is 12.8 Å². The van der Waals surface area contributed by atoms with E-state index in [1.165, 1.54) is 0 Å². The topological polar surface area (TPSA) is 53.0 Å². The zero-order valence-electron chi connectivity index (χ0n) is 10.9. The number of hydrogen-bond acceptors (Lipinski definition) is 4. The lowest BCUT2D eigenvalue weighted by molar-refractivity contribution is 0.0754. The summed E-state index contributed by atoms with van der Waals surface area (Å²) in [4.78, 5) is 24.7. The monoisotopic (exact) mass is 249 g/mol. The van der Waals surface area contributed by atoms with Crippen LogP contribution >= 0.6 is 0 Å². The fourth-order valence-electron chi connectivity index (χ4n) is 1.60. The predicted octanol–water partition coefficient (Wildman–Crippen LogP) is 2.15. The Morgan fingerprint density at radius 3 is 2.28 bits per heavy atom. The van der Waals surface area contributed by atoms with Crippen molar-refractivity contribution in [3.05, 3.63) is 40.8 Å². The van der Waals surface area contributed by atoms with Gasteiger partial charge in [0, 0.05) is 12.1 Å². The molecule has 18 heavy (non-hydrogen) atoms. The van der Waals surface area contributed by atoms with E-state index in [0.29, 0.717) is 12.1 Å². The average Bonchev–Trinajstić information content (AvgIpc) is 2.39. The molecule has 0 saturated heterocycles. The highest BCUT2D eigenvalue weighted by atomic mass is 16.3. The van der Waals surface area contributed by atoms with Crippen LogP contribution in [-0.4, -0.2) is 43.0 Å². The molecule has 0 radical (unpaired) electrons. The van der Waals surface area contributed by atoms with Gasteiger partial charge in [-0.1, -0.05) is 18.2 Å². The van der Waals surface area contributed by atoms with Gasteiger partial charge in [0.1, 0.15) is 0 Å². The highest BCUT2D eigenvalue weighted by molar-refractivity contribution is 5.93. The first kappa shape index (κ1) is 14.3. The van der Waals surface area contributed by atoms with Crippen LogP contribution < -0.4 is 0 Å². The highest BCUT2D eigenvalue weighted by Gasteiger charge is 2.15. The van der Waals surface area contributed by atoms with Gasteiger partial charge in [-0.25, -0.2) is 0 Å². The number of hydrogen-bond donors (Lipinski definition) is 0. The lowest BCUT2D eigenvalue weighted by Crippen LogP contribution is -2.27. The van der Waals surface area contributed by atoms with Crippen molar-refractivity contribution in [2.75, 3.05) is 27.2 Å². The fraction of sp³-hybridized carbons (Fsp3) is 0.462. The van der Waals surface area contributed by atoms with Crippen molar-refractivity contribution in [1.29, 1.82) is 0 Å². The van der Waals surface area contributed by atoms with Gasteiger partial charge in [-0.05, 0) is 45.6 Å². The molecule has 1 amide bonds. The van der Waals surface area contributed by atoms with Gasteiger partial charge < -0.3 is 4.90 Å². The number of benzene rings is 1. The summed E-state index contributed by atoms with van der Waals surface area (Å²) in [6, 6.07) is 8.72. The smallest absolute Gasteiger partial charge is 0.276 e. The molecule has 1 aromatic carbocycles. The summed E-state index contributed by atoms with van der Waals surface area (Å²) in [5.41, 5.74) is 0.490. The van der Waals surface area contributed by atoms with E-state index in [-0.39, 0.29) is 5.91 Å². The van der Waals surface area contributed by atoms with Crippen LogP contribution in [0.4, 0.5) is 0 Å². The van der Waals surface area contributed by atoms with Gasteiger partial charge in [0.15, 0.2) is 0 Å². The van der Waals surface area contributed by atoms with Crippen LogP contribution in [0.2, 0.25) is 0 Å². The molecule has 0 heterocycles. The van der Waals surface area contributed by atoms with Crippen LogP contribution in [0.15, 0.2) is 35.6 Å². The molecule has 0 saturated carbocycles. The summed E-state index contributed by atoms with van der Waals surface area (Å²) in [6.45, 7) is 1.30. The van der Waals surface area contributed by atoms with Crippen molar-refractivity contribution in [3.8, 4) is 0 Å². The van der Waals surface area contributed by atoms with Gasteiger partial charge in [-0.15, -0.1) is 4.91 Å². The average molecular weight is 249 g/mol. The number of nitrogens with zero attached hydrogens (tertiary/aromatic N) is 3. The minimum atomic E-state index is -0.338. The number of amides is 1. The maximum absolute atomic E-state index is 11.9. The molecule has 5 heteroatoms. The second-order valence-electron chi connectivity index (χ2n) is 4.39. The van der Waals surface area contributed by atoms with E-state index in [2.05, 4.69) is 10.2 Å². The zero-order valence-corrected chi connectivity index (χ0v) is 10.9. The molecule has 0 aromatic heterocycles. The van der Waals surface area contributed by atoms with Crippen LogP contribution in [0.5, 0.6) is 0 Å². The van der Waals surface area contributed by atoms with Gasteiger partial charge in [0.05, 0.1) is 5.29 Å². The summed E-state index contributed by atoms with van der Waals surface area (Å²) >= 11 is 0. The minimum absolute atomic E-state index is 0.338. The summed E-state index contributed by atoms with van der Waals surface area (Å²) < 4.78 is 0. The van der Waals surface area contributed by atoms with Crippen molar-refractivity contribution < 1.29 is 4.79 Å². The summed E-state index contributed by atoms with van der Waals surface area (Å²) in [5.74, 6) is -0.338. The quantitative estimate of drug-likeness (QED) is 0.422. The molecule has 0 fully saturated rings. The molecule has 0 aliphatic rings. The summed E-state index contributed by atoms with van der Waals surface area (Å²) in [5, 5.41) is 3.79. The molecule has 5 nitrogen and oxygen atoms in total. The van der Waals surface area contributed by atoms with E-state index in [1.807, 2.05) is 20.2 Å². The van der Waals surface area contributed by atoms with Gasteiger partial charge in [0.2, 0.25) is 0 Å². The highest BCUT2D eigenvalue weighted by Crippen LogP contribution is 2.06. The third kappa shape index (κ3) is 4.63. The van der Waals surface area contributed by atoms with E-state index >= 15 is 0 Å². The molecule has 1 rings (SSSR count). The van der Waals surface area contributed by atoms with Gasteiger partial charge in [0.25, 0.3) is 5.91 Å². The van der Waals surface area contributed by atoms with Crippen molar-refractivity contribution >= 4 is 5.91 Å². The van der Waals surface area contributed by atoms with Crippen LogP contribution in [0, 0.1) is 4.91 Å². The summed E-state index contributed by atoms with van der Waals surface area (Å²) in [7, 11) is 3.98. The van der Waals surface area contributed by atoms with Crippen LogP contribution in [-0.2, 0) is 0 Å². The maximum Gasteiger partial charge on any atom is 0.276 e. The molecule has 0 unspecified atom stereocenters. The van der Waals surface area contributed by atoms with E-state index in [4.69, 9.17) is 0 Å².